The molecule has 142 valence electrons. The monoisotopic (exact) mass is 415 g/mol. The molecule has 0 spiro atoms. The van der Waals surface area contributed by atoms with Gasteiger partial charge in [-0.2, -0.15) is 0 Å². The Bertz CT molecular complexity index is 682. The lowest BCUT2D eigenvalue weighted by molar-refractivity contribution is 0.331. The maximum Gasteiger partial charge on any atom is 0.192 e. The lowest BCUT2D eigenvalue weighted by Gasteiger charge is -2.27. The Labute approximate surface area is 166 Å². The molecule has 0 bridgehead atoms. The fourth-order valence-electron chi connectivity index (χ4n) is 2.51. The second kappa shape index (κ2) is 10.3. The van der Waals surface area contributed by atoms with Crippen LogP contribution in [-0.4, -0.2) is 37.7 Å². The second-order valence-corrected chi connectivity index (χ2v) is 8.32. The van der Waals surface area contributed by atoms with Crippen molar-refractivity contribution in [1.82, 2.24) is 15.6 Å². The Morgan fingerprint density at radius 1 is 1.31 bits per heavy atom. The van der Waals surface area contributed by atoms with E-state index in [0.29, 0.717) is 15.6 Å². The van der Waals surface area contributed by atoms with E-state index in [1.165, 1.54) is 29.4 Å². The molecule has 1 saturated heterocycles. The standard InChI is InChI=1S/C17H23ClFN5S2/c18-13-7-16(26-24-17-23-5-6-25-17)14(19)8-15(13)22-4-2-1-3-20-9-12-10-21-11-12/h5-8,12,20-22H,1-4,9-11H2,(H,23,24). The predicted octanol–water partition coefficient (Wildman–Crippen LogP) is 4.06. The van der Waals surface area contributed by atoms with E-state index in [-0.39, 0.29) is 5.82 Å². The van der Waals surface area contributed by atoms with Gasteiger partial charge in [0.05, 0.1) is 15.6 Å². The molecule has 1 fully saturated rings. The van der Waals surface area contributed by atoms with Gasteiger partial charge in [0.1, 0.15) is 5.82 Å². The summed E-state index contributed by atoms with van der Waals surface area (Å²) in [7, 11) is 0. The Kier molecular flexibility index (Phi) is 7.82. The van der Waals surface area contributed by atoms with E-state index in [9.17, 15) is 4.39 Å². The summed E-state index contributed by atoms with van der Waals surface area (Å²) in [6.45, 7) is 5.14. The topological polar surface area (TPSA) is 61.0 Å². The van der Waals surface area contributed by atoms with Crippen LogP contribution in [0, 0.1) is 11.7 Å². The highest BCUT2D eigenvalue weighted by atomic mass is 35.5. The third kappa shape index (κ3) is 5.99. The molecule has 0 atom stereocenters. The van der Waals surface area contributed by atoms with Crippen molar-refractivity contribution in [2.45, 2.75) is 17.7 Å². The van der Waals surface area contributed by atoms with Crippen LogP contribution in [0.5, 0.6) is 0 Å². The SMILES string of the molecule is Fc1cc(NCCCCNCC2CNC2)c(Cl)cc1SNc1nccs1. The molecule has 0 aliphatic carbocycles. The van der Waals surface area contributed by atoms with Gasteiger partial charge < -0.3 is 20.7 Å². The molecule has 1 aromatic carbocycles. The van der Waals surface area contributed by atoms with Gasteiger partial charge in [-0.15, -0.1) is 11.3 Å². The summed E-state index contributed by atoms with van der Waals surface area (Å²) in [6.07, 6.45) is 3.79. The van der Waals surface area contributed by atoms with E-state index in [1.54, 1.807) is 12.3 Å². The number of nitrogens with one attached hydrogen (secondary N) is 4. The van der Waals surface area contributed by atoms with Crippen molar-refractivity contribution in [2.24, 2.45) is 5.92 Å². The van der Waals surface area contributed by atoms with Crippen LogP contribution in [0.3, 0.4) is 0 Å². The van der Waals surface area contributed by atoms with E-state index in [1.807, 2.05) is 5.38 Å². The van der Waals surface area contributed by atoms with E-state index in [0.717, 1.165) is 56.6 Å². The van der Waals surface area contributed by atoms with Crippen LogP contribution >= 0.6 is 34.9 Å². The first kappa shape index (κ1) is 19.7. The summed E-state index contributed by atoms with van der Waals surface area (Å²) in [5.41, 5.74) is 0.635. The molecule has 26 heavy (non-hydrogen) atoms. The molecule has 0 amide bonds. The minimum Gasteiger partial charge on any atom is -0.384 e. The number of aromatic nitrogens is 1. The van der Waals surface area contributed by atoms with Gasteiger partial charge in [-0.05, 0) is 49.4 Å². The maximum absolute atomic E-state index is 14.3. The average Bonchev–Trinajstić information content (AvgIpc) is 3.10. The minimum absolute atomic E-state index is 0.304. The van der Waals surface area contributed by atoms with Gasteiger partial charge in [-0.3, -0.25) is 0 Å². The number of rotatable bonds is 11. The molecular weight excluding hydrogens is 393 g/mol. The van der Waals surface area contributed by atoms with Gasteiger partial charge in [0.25, 0.3) is 0 Å². The third-order valence-corrected chi connectivity index (χ3v) is 6.06. The van der Waals surface area contributed by atoms with E-state index < -0.39 is 0 Å². The molecule has 0 saturated carbocycles. The van der Waals surface area contributed by atoms with Crippen LogP contribution < -0.4 is 20.7 Å². The number of thiazole rings is 1. The Morgan fingerprint density at radius 2 is 2.15 bits per heavy atom. The van der Waals surface area contributed by atoms with Gasteiger partial charge >= 0.3 is 0 Å². The Hall–Kier alpha value is -1.06. The zero-order valence-electron chi connectivity index (χ0n) is 14.4. The quantitative estimate of drug-likeness (QED) is 0.328. The molecule has 3 rings (SSSR count). The van der Waals surface area contributed by atoms with Crippen LogP contribution in [0.2, 0.25) is 5.02 Å². The summed E-state index contributed by atoms with van der Waals surface area (Å²) in [5, 5.41) is 13.1. The summed E-state index contributed by atoms with van der Waals surface area (Å²) in [6, 6.07) is 3.09. The molecule has 2 heterocycles. The molecule has 0 radical (unpaired) electrons. The van der Waals surface area contributed by atoms with E-state index in [2.05, 4.69) is 25.7 Å². The van der Waals surface area contributed by atoms with Crippen LogP contribution in [0.4, 0.5) is 15.2 Å². The molecule has 2 aromatic rings. The summed E-state index contributed by atoms with van der Waals surface area (Å²) in [4.78, 5) is 4.55. The van der Waals surface area contributed by atoms with Gasteiger partial charge in [-0.1, -0.05) is 11.6 Å². The van der Waals surface area contributed by atoms with Crippen LogP contribution in [0.1, 0.15) is 12.8 Å². The first-order chi connectivity index (χ1) is 12.7. The number of hydrogen-bond acceptors (Lipinski definition) is 7. The highest BCUT2D eigenvalue weighted by Crippen LogP contribution is 2.32. The number of benzene rings is 1. The number of hydrogen-bond donors (Lipinski definition) is 4. The lowest BCUT2D eigenvalue weighted by atomic mass is 10.0. The molecule has 1 aromatic heterocycles. The smallest absolute Gasteiger partial charge is 0.192 e. The summed E-state index contributed by atoms with van der Waals surface area (Å²) < 4.78 is 17.3. The van der Waals surface area contributed by atoms with E-state index in [4.69, 9.17) is 11.6 Å². The molecule has 1 aliphatic heterocycles. The van der Waals surface area contributed by atoms with Crippen molar-refractivity contribution in [3.8, 4) is 0 Å². The van der Waals surface area contributed by atoms with Crippen LogP contribution in [0.25, 0.3) is 0 Å². The van der Waals surface area contributed by atoms with E-state index >= 15 is 0 Å². The normalized spacial score (nSPS) is 14.2. The maximum atomic E-state index is 14.3. The molecular formula is C17H23ClFN5S2. The van der Waals surface area contributed by atoms with Crippen molar-refractivity contribution in [3.05, 3.63) is 34.5 Å². The van der Waals surface area contributed by atoms with Crippen molar-refractivity contribution in [2.75, 3.05) is 42.8 Å². The average molecular weight is 416 g/mol. The summed E-state index contributed by atoms with van der Waals surface area (Å²) in [5.74, 6) is 0.484. The largest absolute Gasteiger partial charge is 0.384 e. The fourth-order valence-corrected chi connectivity index (χ4v) is 4.08. The lowest BCUT2D eigenvalue weighted by Crippen LogP contribution is -2.47. The van der Waals surface area contributed by atoms with Crippen molar-refractivity contribution in [1.29, 1.82) is 0 Å². The molecule has 1 aliphatic rings. The van der Waals surface area contributed by atoms with Crippen molar-refractivity contribution >= 4 is 45.7 Å². The Morgan fingerprint density at radius 3 is 2.88 bits per heavy atom. The van der Waals surface area contributed by atoms with Crippen molar-refractivity contribution < 1.29 is 4.39 Å². The van der Waals surface area contributed by atoms with Gasteiger partial charge in [0, 0.05) is 37.8 Å². The third-order valence-electron chi connectivity index (χ3n) is 4.10. The highest BCUT2D eigenvalue weighted by molar-refractivity contribution is 8.00. The minimum atomic E-state index is -0.304. The second-order valence-electron chi connectivity index (χ2n) is 6.17. The summed E-state index contributed by atoms with van der Waals surface area (Å²) >= 11 is 8.91. The fraction of sp³-hybridized carbons (Fsp3) is 0.471. The van der Waals surface area contributed by atoms with Crippen molar-refractivity contribution in [3.63, 3.8) is 0 Å². The first-order valence-corrected chi connectivity index (χ1v) is 10.8. The predicted molar refractivity (Wildman–Crippen MR) is 110 cm³/mol. The molecule has 0 unspecified atom stereocenters. The van der Waals surface area contributed by atoms with Gasteiger partial charge in [0.2, 0.25) is 0 Å². The Balaban J connectivity index is 1.36. The number of unbranched alkanes of at least 4 members (excludes halogenated alkanes) is 1. The first-order valence-electron chi connectivity index (χ1n) is 8.69. The van der Waals surface area contributed by atoms with Crippen LogP contribution in [-0.2, 0) is 0 Å². The molecule has 4 N–H and O–H groups in total. The number of nitrogens with zero attached hydrogens (tertiary/aromatic N) is 1. The zero-order chi connectivity index (χ0) is 18.2. The van der Waals surface area contributed by atoms with Gasteiger partial charge in [-0.25, -0.2) is 9.37 Å². The number of halogens is 2. The zero-order valence-corrected chi connectivity index (χ0v) is 16.7. The molecule has 9 heteroatoms. The number of anilines is 2. The highest BCUT2D eigenvalue weighted by Gasteiger charge is 2.15. The molecule has 5 nitrogen and oxygen atoms in total. The van der Waals surface area contributed by atoms with Crippen LogP contribution in [0.15, 0.2) is 28.6 Å². The van der Waals surface area contributed by atoms with Gasteiger partial charge in [0.15, 0.2) is 5.13 Å².